The fourth-order valence-corrected chi connectivity index (χ4v) is 2.94. The maximum Gasteiger partial charge on any atom is 0.0947 e. The number of methoxy groups -OCH3 is 1. The Kier molecular flexibility index (Phi) is 5.10. The second kappa shape index (κ2) is 5.94. The van der Waals surface area contributed by atoms with Gasteiger partial charge in [0, 0.05) is 24.4 Å². The summed E-state index contributed by atoms with van der Waals surface area (Å²) in [4.78, 5) is 5.91. The molecule has 0 saturated heterocycles. The van der Waals surface area contributed by atoms with E-state index < -0.39 is 0 Å². The fraction of sp³-hybridized carbons (Fsp3) is 0.769. The van der Waals surface area contributed by atoms with E-state index in [0.29, 0.717) is 6.04 Å². The summed E-state index contributed by atoms with van der Waals surface area (Å²) in [5.74, 6) is 0. The van der Waals surface area contributed by atoms with Crippen LogP contribution in [0.1, 0.15) is 35.8 Å². The SMILES string of the molecule is CCC(C)(OC)C(Cc1nc(C)c(C)s1)NC. The minimum Gasteiger partial charge on any atom is -0.377 e. The molecule has 1 rings (SSSR count). The zero-order chi connectivity index (χ0) is 13.1. The summed E-state index contributed by atoms with van der Waals surface area (Å²) in [6, 6.07) is 0.294. The molecule has 1 aromatic rings. The maximum atomic E-state index is 5.66. The molecular formula is C13H24N2OS. The first-order chi connectivity index (χ1) is 7.96. The van der Waals surface area contributed by atoms with Crippen molar-refractivity contribution in [1.29, 1.82) is 0 Å². The molecule has 0 amide bonds. The summed E-state index contributed by atoms with van der Waals surface area (Å²) in [7, 11) is 3.77. The Morgan fingerprint density at radius 2 is 2.12 bits per heavy atom. The Hall–Kier alpha value is -0.450. The molecule has 2 unspecified atom stereocenters. The highest BCUT2D eigenvalue weighted by molar-refractivity contribution is 7.11. The van der Waals surface area contributed by atoms with Gasteiger partial charge in [0.15, 0.2) is 0 Å². The Balaban J connectivity index is 2.82. The Morgan fingerprint density at radius 3 is 2.47 bits per heavy atom. The van der Waals surface area contributed by atoms with Gasteiger partial charge in [-0.05, 0) is 34.2 Å². The van der Waals surface area contributed by atoms with Gasteiger partial charge in [0.2, 0.25) is 0 Å². The topological polar surface area (TPSA) is 34.1 Å². The van der Waals surface area contributed by atoms with Crippen molar-refractivity contribution in [1.82, 2.24) is 10.3 Å². The van der Waals surface area contributed by atoms with Gasteiger partial charge in [-0.25, -0.2) is 4.98 Å². The van der Waals surface area contributed by atoms with Gasteiger partial charge in [-0.3, -0.25) is 0 Å². The molecule has 1 aromatic heterocycles. The largest absolute Gasteiger partial charge is 0.377 e. The summed E-state index contributed by atoms with van der Waals surface area (Å²) in [5, 5.41) is 4.55. The van der Waals surface area contributed by atoms with Crippen LogP contribution in [0, 0.1) is 13.8 Å². The van der Waals surface area contributed by atoms with Gasteiger partial charge in [-0.1, -0.05) is 6.92 Å². The van der Waals surface area contributed by atoms with E-state index >= 15 is 0 Å². The molecule has 0 aliphatic carbocycles. The van der Waals surface area contributed by atoms with E-state index in [4.69, 9.17) is 4.74 Å². The molecule has 98 valence electrons. The molecule has 0 spiro atoms. The van der Waals surface area contributed by atoms with Crippen LogP contribution in [-0.4, -0.2) is 30.8 Å². The van der Waals surface area contributed by atoms with Crippen molar-refractivity contribution in [2.24, 2.45) is 0 Å². The highest BCUT2D eigenvalue weighted by Gasteiger charge is 2.32. The minimum absolute atomic E-state index is 0.137. The number of likely N-dealkylation sites (N-methyl/N-ethyl adjacent to an activating group) is 1. The predicted molar refractivity (Wildman–Crippen MR) is 73.8 cm³/mol. The monoisotopic (exact) mass is 256 g/mol. The molecule has 4 heteroatoms. The van der Waals surface area contributed by atoms with Crippen LogP contribution in [-0.2, 0) is 11.2 Å². The average Bonchev–Trinajstić information content (AvgIpc) is 2.64. The lowest BCUT2D eigenvalue weighted by Gasteiger charge is -2.35. The number of aromatic nitrogens is 1. The Bertz CT molecular complexity index is 339. The molecule has 2 atom stereocenters. The third-order valence-corrected chi connectivity index (χ3v) is 4.80. The molecule has 1 heterocycles. The van der Waals surface area contributed by atoms with E-state index in [2.05, 4.69) is 38.0 Å². The highest BCUT2D eigenvalue weighted by atomic mass is 32.1. The second-order valence-electron chi connectivity index (χ2n) is 4.66. The summed E-state index contributed by atoms with van der Waals surface area (Å²) in [6.07, 6.45) is 1.91. The molecule has 0 fully saturated rings. The summed E-state index contributed by atoms with van der Waals surface area (Å²) >= 11 is 1.79. The summed E-state index contributed by atoms with van der Waals surface area (Å²) < 4.78 is 5.66. The van der Waals surface area contributed by atoms with Gasteiger partial charge in [-0.15, -0.1) is 11.3 Å². The van der Waals surface area contributed by atoms with E-state index in [-0.39, 0.29) is 5.60 Å². The van der Waals surface area contributed by atoms with Crippen LogP contribution >= 0.6 is 11.3 Å². The van der Waals surface area contributed by atoms with Crippen molar-refractivity contribution in [3.05, 3.63) is 15.6 Å². The van der Waals surface area contributed by atoms with Crippen molar-refractivity contribution >= 4 is 11.3 Å². The summed E-state index contributed by atoms with van der Waals surface area (Å²) in [5.41, 5.74) is 1.01. The highest BCUT2D eigenvalue weighted by Crippen LogP contribution is 2.25. The quantitative estimate of drug-likeness (QED) is 0.850. The van der Waals surface area contributed by atoms with E-state index in [9.17, 15) is 0 Å². The molecule has 0 aromatic carbocycles. The Morgan fingerprint density at radius 1 is 1.47 bits per heavy atom. The van der Waals surface area contributed by atoms with Crippen LogP contribution in [0.2, 0.25) is 0 Å². The summed E-state index contributed by atoms with van der Waals surface area (Å²) in [6.45, 7) is 8.51. The normalized spacial score (nSPS) is 16.8. The average molecular weight is 256 g/mol. The molecule has 0 radical (unpaired) electrons. The number of hydrogen-bond acceptors (Lipinski definition) is 4. The number of nitrogens with one attached hydrogen (secondary N) is 1. The maximum absolute atomic E-state index is 5.66. The van der Waals surface area contributed by atoms with Crippen LogP contribution in [0.4, 0.5) is 0 Å². The lowest BCUT2D eigenvalue weighted by molar-refractivity contribution is -0.0268. The van der Waals surface area contributed by atoms with Gasteiger partial charge < -0.3 is 10.1 Å². The third-order valence-electron chi connectivity index (χ3n) is 3.71. The van der Waals surface area contributed by atoms with Crippen LogP contribution < -0.4 is 5.32 Å². The lowest BCUT2D eigenvalue weighted by Crippen LogP contribution is -2.49. The first-order valence-electron chi connectivity index (χ1n) is 6.12. The molecule has 0 aliphatic rings. The van der Waals surface area contributed by atoms with Crippen LogP contribution in [0.3, 0.4) is 0 Å². The predicted octanol–water partition coefficient (Wildman–Crippen LogP) is 2.71. The molecule has 1 N–H and O–H groups in total. The van der Waals surface area contributed by atoms with Crippen LogP contribution in [0.25, 0.3) is 0 Å². The molecule has 0 aliphatic heterocycles. The molecule has 0 bridgehead atoms. The van der Waals surface area contributed by atoms with Crippen molar-refractivity contribution in [3.63, 3.8) is 0 Å². The van der Waals surface area contributed by atoms with Crippen LogP contribution in [0.15, 0.2) is 0 Å². The first kappa shape index (κ1) is 14.6. The number of nitrogens with zero attached hydrogens (tertiary/aromatic N) is 1. The van der Waals surface area contributed by atoms with Gasteiger partial charge in [0.1, 0.15) is 0 Å². The third kappa shape index (κ3) is 3.27. The fourth-order valence-electron chi connectivity index (χ4n) is 1.96. The number of aryl methyl sites for hydroxylation is 2. The number of ether oxygens (including phenoxy) is 1. The zero-order valence-electron chi connectivity index (χ0n) is 11.8. The number of rotatable bonds is 6. The Labute approximate surface area is 109 Å². The van der Waals surface area contributed by atoms with Crippen molar-refractivity contribution in [2.75, 3.05) is 14.2 Å². The number of thiazole rings is 1. The molecule has 3 nitrogen and oxygen atoms in total. The van der Waals surface area contributed by atoms with Gasteiger partial charge in [0.25, 0.3) is 0 Å². The van der Waals surface area contributed by atoms with E-state index in [1.54, 1.807) is 18.4 Å². The minimum atomic E-state index is -0.137. The molecule has 0 saturated carbocycles. The lowest BCUT2D eigenvalue weighted by atomic mass is 9.91. The standard InChI is InChI=1S/C13H24N2OS/c1-7-13(4,16-6)11(14-5)8-12-15-9(2)10(3)17-12/h11,14H,7-8H2,1-6H3. The first-order valence-corrected chi connectivity index (χ1v) is 6.93. The van der Waals surface area contributed by atoms with Gasteiger partial charge >= 0.3 is 0 Å². The zero-order valence-corrected chi connectivity index (χ0v) is 12.6. The van der Waals surface area contributed by atoms with Gasteiger partial charge in [-0.2, -0.15) is 0 Å². The van der Waals surface area contributed by atoms with Crippen molar-refractivity contribution < 1.29 is 4.74 Å². The smallest absolute Gasteiger partial charge is 0.0947 e. The molecule has 17 heavy (non-hydrogen) atoms. The van der Waals surface area contributed by atoms with Crippen LogP contribution in [0.5, 0.6) is 0 Å². The van der Waals surface area contributed by atoms with Crippen molar-refractivity contribution in [2.45, 2.75) is 52.2 Å². The molecular weight excluding hydrogens is 232 g/mol. The van der Waals surface area contributed by atoms with Gasteiger partial charge in [0.05, 0.1) is 16.3 Å². The second-order valence-corrected chi connectivity index (χ2v) is 5.95. The van der Waals surface area contributed by atoms with E-state index in [0.717, 1.165) is 18.5 Å². The number of hydrogen-bond donors (Lipinski definition) is 1. The van der Waals surface area contributed by atoms with E-state index in [1.165, 1.54) is 9.88 Å². The van der Waals surface area contributed by atoms with E-state index in [1.807, 2.05) is 7.05 Å². The van der Waals surface area contributed by atoms with Crippen molar-refractivity contribution in [3.8, 4) is 0 Å².